The zero-order chi connectivity index (χ0) is 28.6. The highest BCUT2D eigenvalue weighted by Gasteiger charge is 2.33. The number of rotatable bonds is 12. The molecule has 3 aromatic rings. The Hall–Kier alpha value is -3.43. The molecule has 10 heteroatoms. The molecule has 0 bridgehead atoms. The minimum absolute atomic E-state index is 0.0446. The van der Waals surface area contributed by atoms with E-state index in [-0.39, 0.29) is 29.6 Å². The fourth-order valence-electron chi connectivity index (χ4n) is 4.14. The van der Waals surface area contributed by atoms with Gasteiger partial charge in [-0.05, 0) is 48.2 Å². The van der Waals surface area contributed by atoms with Crippen LogP contribution in [0.2, 0.25) is 5.02 Å². The van der Waals surface area contributed by atoms with Crippen LogP contribution in [0.1, 0.15) is 30.0 Å². The summed E-state index contributed by atoms with van der Waals surface area (Å²) in [5, 5.41) is 2.62. The number of carbonyl (C=O) groups excluding carboxylic acids is 2. The highest BCUT2D eigenvalue weighted by Crippen LogP contribution is 2.25. The Labute approximate surface area is 234 Å². The van der Waals surface area contributed by atoms with Gasteiger partial charge in [-0.1, -0.05) is 73.1 Å². The van der Waals surface area contributed by atoms with Gasteiger partial charge in [0.1, 0.15) is 18.4 Å². The molecule has 3 rings (SSSR count). The third-order valence-electron chi connectivity index (χ3n) is 6.29. The molecule has 0 aliphatic carbocycles. The van der Waals surface area contributed by atoms with Gasteiger partial charge in [0.2, 0.25) is 21.8 Å². The second-order valence-corrected chi connectivity index (χ2v) is 11.6. The number of nitrogens with one attached hydrogen (secondary N) is 1. The zero-order valence-electron chi connectivity index (χ0n) is 22.2. The minimum Gasteiger partial charge on any atom is -0.354 e. The molecule has 0 aromatic heterocycles. The Kier molecular flexibility index (Phi) is 10.5. The summed E-state index contributed by atoms with van der Waals surface area (Å²) >= 11 is 5.92. The number of aryl methyl sites for hydroxylation is 1. The van der Waals surface area contributed by atoms with Crippen molar-refractivity contribution in [3.8, 4) is 0 Å². The number of sulfonamides is 1. The lowest BCUT2D eigenvalue weighted by molar-refractivity contribution is -0.140. The van der Waals surface area contributed by atoms with Gasteiger partial charge >= 0.3 is 0 Å². The fraction of sp³-hybridized carbons (Fsp3) is 0.310. The van der Waals surface area contributed by atoms with Crippen molar-refractivity contribution in [2.45, 2.75) is 39.3 Å². The van der Waals surface area contributed by atoms with Crippen LogP contribution in [0.5, 0.6) is 0 Å². The predicted molar refractivity (Wildman–Crippen MR) is 153 cm³/mol. The molecular formula is C29H33ClFN3O4S. The van der Waals surface area contributed by atoms with E-state index in [1.807, 2.05) is 68.4 Å². The van der Waals surface area contributed by atoms with Crippen molar-refractivity contribution in [3.63, 3.8) is 0 Å². The molecule has 39 heavy (non-hydrogen) atoms. The summed E-state index contributed by atoms with van der Waals surface area (Å²) in [5.41, 5.74) is 2.64. The smallest absolute Gasteiger partial charge is 0.244 e. The van der Waals surface area contributed by atoms with Crippen molar-refractivity contribution in [3.05, 3.63) is 100 Å². The summed E-state index contributed by atoms with van der Waals surface area (Å²) in [7, 11) is -3.97. The molecule has 0 aliphatic rings. The molecule has 0 spiro atoms. The number of hydrogen-bond acceptors (Lipinski definition) is 4. The molecule has 0 heterocycles. The minimum atomic E-state index is -3.97. The van der Waals surface area contributed by atoms with Gasteiger partial charge in [-0.2, -0.15) is 0 Å². The average molecular weight is 574 g/mol. The number of hydrogen-bond donors (Lipinski definition) is 1. The number of benzene rings is 3. The van der Waals surface area contributed by atoms with Crippen LogP contribution in [-0.4, -0.2) is 50.5 Å². The predicted octanol–water partition coefficient (Wildman–Crippen LogP) is 4.72. The van der Waals surface area contributed by atoms with Crippen molar-refractivity contribution in [2.75, 3.05) is 23.7 Å². The SMILES string of the molecule is CCCNC(=O)[C@H](Cc1ccccc1)N(Cc1ccccc1C)C(=O)CN(c1ccc(F)c(Cl)c1)S(C)(=O)=O. The van der Waals surface area contributed by atoms with Crippen LogP contribution >= 0.6 is 11.6 Å². The Bertz CT molecular complexity index is 1400. The van der Waals surface area contributed by atoms with Crippen LogP contribution < -0.4 is 9.62 Å². The van der Waals surface area contributed by atoms with Crippen LogP contribution in [0, 0.1) is 12.7 Å². The number of anilines is 1. The molecule has 0 saturated heterocycles. The van der Waals surface area contributed by atoms with Crippen molar-refractivity contribution in [1.82, 2.24) is 10.2 Å². The van der Waals surface area contributed by atoms with E-state index < -0.39 is 34.3 Å². The average Bonchev–Trinajstić information content (AvgIpc) is 2.90. The lowest BCUT2D eigenvalue weighted by Crippen LogP contribution is -2.53. The van der Waals surface area contributed by atoms with Crippen LogP contribution in [-0.2, 0) is 32.6 Å². The topological polar surface area (TPSA) is 86.8 Å². The summed E-state index contributed by atoms with van der Waals surface area (Å²) in [5.74, 6) is -1.63. The molecule has 7 nitrogen and oxygen atoms in total. The first-order valence-electron chi connectivity index (χ1n) is 12.6. The Balaban J connectivity index is 2.06. The van der Waals surface area contributed by atoms with E-state index in [2.05, 4.69) is 5.32 Å². The second-order valence-electron chi connectivity index (χ2n) is 9.31. The lowest BCUT2D eigenvalue weighted by atomic mass is 10.0. The van der Waals surface area contributed by atoms with Crippen molar-refractivity contribution in [2.24, 2.45) is 0 Å². The molecule has 2 amide bonds. The first-order valence-corrected chi connectivity index (χ1v) is 14.8. The molecule has 1 N–H and O–H groups in total. The molecule has 0 aliphatic heterocycles. The van der Waals surface area contributed by atoms with Gasteiger partial charge in [0.25, 0.3) is 0 Å². The summed E-state index contributed by atoms with van der Waals surface area (Å²) in [6.45, 7) is 3.76. The first kappa shape index (κ1) is 30.1. The number of carbonyl (C=O) groups is 2. The Morgan fingerprint density at radius 2 is 1.69 bits per heavy atom. The molecule has 0 unspecified atom stereocenters. The summed E-state index contributed by atoms with van der Waals surface area (Å²) in [4.78, 5) is 28.9. The standard InChI is InChI=1S/C29H33ClFN3O4S/c1-4-16-32-29(36)27(17-22-11-6-5-7-12-22)33(19-23-13-9-8-10-21(23)2)28(35)20-34(39(3,37)38)24-14-15-26(31)25(30)18-24/h5-15,18,27H,4,16-17,19-20H2,1-3H3,(H,32,36)/t27-/m0/s1. The van der Waals surface area contributed by atoms with E-state index in [1.165, 1.54) is 11.0 Å². The zero-order valence-corrected chi connectivity index (χ0v) is 23.8. The Morgan fingerprint density at radius 3 is 2.31 bits per heavy atom. The van der Waals surface area contributed by atoms with E-state index in [9.17, 15) is 22.4 Å². The van der Waals surface area contributed by atoms with Gasteiger partial charge in [-0.3, -0.25) is 13.9 Å². The van der Waals surface area contributed by atoms with Gasteiger partial charge in [-0.25, -0.2) is 12.8 Å². The molecule has 0 saturated carbocycles. The number of nitrogens with zero attached hydrogens (tertiary/aromatic N) is 2. The van der Waals surface area contributed by atoms with Crippen LogP contribution in [0.4, 0.5) is 10.1 Å². The van der Waals surface area contributed by atoms with Gasteiger partial charge in [0, 0.05) is 19.5 Å². The van der Waals surface area contributed by atoms with E-state index in [1.54, 1.807) is 0 Å². The normalized spacial score (nSPS) is 12.0. The summed E-state index contributed by atoms with van der Waals surface area (Å²) in [6, 6.07) is 19.4. The van der Waals surface area contributed by atoms with Crippen molar-refractivity contribution < 1.29 is 22.4 Å². The van der Waals surface area contributed by atoms with Gasteiger partial charge in [0.15, 0.2) is 0 Å². The van der Waals surface area contributed by atoms with Gasteiger partial charge in [-0.15, -0.1) is 0 Å². The van der Waals surface area contributed by atoms with Crippen molar-refractivity contribution in [1.29, 1.82) is 0 Å². The molecule has 0 fully saturated rings. The van der Waals surface area contributed by atoms with Crippen LogP contribution in [0.3, 0.4) is 0 Å². The monoisotopic (exact) mass is 573 g/mol. The maximum atomic E-state index is 14.0. The van der Waals surface area contributed by atoms with Gasteiger partial charge < -0.3 is 10.2 Å². The maximum absolute atomic E-state index is 14.0. The molecular weight excluding hydrogens is 541 g/mol. The van der Waals surface area contributed by atoms with E-state index in [0.29, 0.717) is 13.0 Å². The number of amides is 2. The second kappa shape index (κ2) is 13.6. The summed E-state index contributed by atoms with van der Waals surface area (Å²) < 4.78 is 40.2. The molecule has 208 valence electrons. The molecule has 3 aromatic carbocycles. The fourth-order valence-corrected chi connectivity index (χ4v) is 5.16. The third kappa shape index (κ3) is 8.28. The highest BCUT2D eigenvalue weighted by atomic mass is 35.5. The first-order chi connectivity index (χ1) is 18.5. The van der Waals surface area contributed by atoms with Crippen molar-refractivity contribution >= 4 is 39.1 Å². The Morgan fingerprint density at radius 1 is 1.03 bits per heavy atom. The lowest BCUT2D eigenvalue weighted by Gasteiger charge is -2.34. The summed E-state index contributed by atoms with van der Waals surface area (Å²) in [6.07, 6.45) is 1.90. The highest BCUT2D eigenvalue weighted by molar-refractivity contribution is 7.92. The van der Waals surface area contributed by atoms with Crippen LogP contribution in [0.25, 0.3) is 0 Å². The molecule has 1 atom stereocenters. The molecule has 0 radical (unpaired) electrons. The van der Waals surface area contributed by atoms with Gasteiger partial charge in [0.05, 0.1) is 17.0 Å². The quantitative estimate of drug-likeness (QED) is 0.340. The van der Waals surface area contributed by atoms with E-state index >= 15 is 0 Å². The van der Waals surface area contributed by atoms with E-state index in [0.717, 1.165) is 39.4 Å². The van der Waals surface area contributed by atoms with Crippen LogP contribution in [0.15, 0.2) is 72.8 Å². The largest absolute Gasteiger partial charge is 0.354 e. The number of halogens is 2. The van der Waals surface area contributed by atoms with E-state index in [4.69, 9.17) is 11.6 Å². The third-order valence-corrected chi connectivity index (χ3v) is 7.72. The maximum Gasteiger partial charge on any atom is 0.244 e.